The fourth-order valence-electron chi connectivity index (χ4n) is 3.50. The zero-order valence-corrected chi connectivity index (χ0v) is 14.2. The Hall–Kier alpha value is -1.95. The monoisotopic (exact) mass is 363 g/mol. The Kier molecular flexibility index (Phi) is 4.02. The van der Waals surface area contributed by atoms with Gasteiger partial charge >= 0.3 is 6.18 Å². The molecule has 4 rings (SSSR count). The number of hydrogen-bond donors (Lipinski definition) is 0. The van der Waals surface area contributed by atoms with Crippen LogP contribution < -0.4 is 4.90 Å². The summed E-state index contributed by atoms with van der Waals surface area (Å²) in [5.41, 5.74) is 1.74. The molecule has 0 spiro atoms. The molecule has 0 saturated carbocycles. The zero-order chi connectivity index (χ0) is 17.6. The Bertz CT molecular complexity index is 809. The lowest BCUT2D eigenvalue weighted by Crippen LogP contribution is -2.41. The van der Waals surface area contributed by atoms with E-state index in [2.05, 4.69) is 0 Å². The highest BCUT2D eigenvalue weighted by molar-refractivity contribution is 8.01. The van der Waals surface area contributed by atoms with Gasteiger partial charge in [0.05, 0.1) is 10.8 Å². The van der Waals surface area contributed by atoms with Crippen LogP contribution in [0.5, 0.6) is 0 Å². The summed E-state index contributed by atoms with van der Waals surface area (Å²) < 4.78 is 38.8. The summed E-state index contributed by atoms with van der Waals surface area (Å²) in [5.74, 6) is -0.0121. The van der Waals surface area contributed by atoms with Crippen molar-refractivity contribution in [2.45, 2.75) is 35.6 Å². The van der Waals surface area contributed by atoms with Gasteiger partial charge in [-0.25, -0.2) is 0 Å². The fourth-order valence-corrected chi connectivity index (χ4v) is 4.75. The van der Waals surface area contributed by atoms with Crippen LogP contribution in [0.2, 0.25) is 0 Å². The molecule has 0 N–H and O–H groups in total. The van der Waals surface area contributed by atoms with Crippen LogP contribution in [0.1, 0.15) is 23.1 Å². The van der Waals surface area contributed by atoms with E-state index in [-0.39, 0.29) is 11.2 Å². The molecule has 1 amide bonds. The van der Waals surface area contributed by atoms with Crippen LogP contribution in [-0.2, 0) is 23.8 Å². The van der Waals surface area contributed by atoms with E-state index in [0.717, 1.165) is 16.5 Å². The van der Waals surface area contributed by atoms with Gasteiger partial charge in [0, 0.05) is 17.1 Å². The van der Waals surface area contributed by atoms with Crippen LogP contribution in [0.3, 0.4) is 0 Å². The summed E-state index contributed by atoms with van der Waals surface area (Å²) in [5, 5.41) is -0.203. The molecule has 0 unspecified atom stereocenters. The number of halogens is 3. The minimum atomic E-state index is -4.36. The number of amides is 1. The molecular weight excluding hydrogens is 347 g/mol. The molecule has 0 bridgehead atoms. The molecule has 25 heavy (non-hydrogen) atoms. The van der Waals surface area contributed by atoms with Gasteiger partial charge < -0.3 is 4.90 Å². The van der Waals surface area contributed by atoms with Crippen LogP contribution in [0.4, 0.5) is 18.9 Å². The van der Waals surface area contributed by atoms with E-state index in [1.54, 1.807) is 16.7 Å². The summed E-state index contributed by atoms with van der Waals surface area (Å²) in [4.78, 5) is 15.8. The summed E-state index contributed by atoms with van der Waals surface area (Å²) >= 11 is 1.55. The fraction of sp³-hybridized carbons (Fsp3) is 0.316. The van der Waals surface area contributed by atoms with Gasteiger partial charge in [0.1, 0.15) is 0 Å². The first-order valence-corrected chi connectivity index (χ1v) is 9.07. The standard InChI is InChI=1S/C19H16F3NOS/c20-19(21,22)14-7-8-15-12(10-14)5-3-9-23(15)18(24)17-11-13-4-1-2-6-16(13)25-17/h1-2,4,6-8,10,17H,3,5,9,11H2/t17-/m0/s1. The SMILES string of the molecule is O=C([C@@H]1Cc2ccccc2S1)N1CCCc2cc(C(F)(F)F)ccc21. The number of fused-ring (bicyclic) bond motifs is 2. The zero-order valence-electron chi connectivity index (χ0n) is 13.3. The molecule has 2 aromatic rings. The summed E-state index contributed by atoms with van der Waals surface area (Å²) in [6.45, 7) is 0.560. The Morgan fingerprint density at radius 2 is 1.92 bits per heavy atom. The van der Waals surface area contributed by atoms with Crippen LogP contribution in [0.25, 0.3) is 0 Å². The van der Waals surface area contributed by atoms with Gasteiger partial charge in [0.25, 0.3) is 0 Å². The van der Waals surface area contributed by atoms with Crippen molar-refractivity contribution in [1.82, 2.24) is 0 Å². The van der Waals surface area contributed by atoms with Crippen molar-refractivity contribution in [2.75, 3.05) is 11.4 Å². The Balaban J connectivity index is 1.60. The number of aryl methyl sites for hydroxylation is 1. The van der Waals surface area contributed by atoms with E-state index in [4.69, 9.17) is 0 Å². The topological polar surface area (TPSA) is 20.3 Å². The third-order valence-corrected chi connectivity index (χ3v) is 6.02. The van der Waals surface area contributed by atoms with Gasteiger partial charge in [0.2, 0.25) is 5.91 Å². The maximum absolute atomic E-state index is 13.0. The molecule has 2 aliphatic heterocycles. The first kappa shape index (κ1) is 16.5. The van der Waals surface area contributed by atoms with Crippen LogP contribution in [-0.4, -0.2) is 17.7 Å². The normalized spacial score (nSPS) is 19.5. The second-order valence-corrected chi connectivity index (χ2v) is 7.60. The van der Waals surface area contributed by atoms with Crippen molar-refractivity contribution in [3.63, 3.8) is 0 Å². The van der Waals surface area contributed by atoms with Gasteiger partial charge in [-0.1, -0.05) is 18.2 Å². The highest BCUT2D eigenvalue weighted by atomic mass is 32.2. The molecule has 2 heterocycles. The Morgan fingerprint density at radius 3 is 2.68 bits per heavy atom. The maximum Gasteiger partial charge on any atom is 0.416 e. The number of alkyl halides is 3. The molecule has 6 heteroatoms. The number of nitrogens with zero attached hydrogens (tertiary/aromatic N) is 1. The van der Waals surface area contributed by atoms with Crippen LogP contribution in [0.15, 0.2) is 47.4 Å². The summed E-state index contributed by atoms with van der Waals surface area (Å²) in [6, 6.07) is 11.6. The van der Waals surface area contributed by atoms with Crippen molar-refractivity contribution in [3.05, 3.63) is 59.2 Å². The molecule has 0 radical (unpaired) electrons. The van der Waals surface area contributed by atoms with E-state index in [9.17, 15) is 18.0 Å². The quantitative estimate of drug-likeness (QED) is 0.732. The van der Waals surface area contributed by atoms with E-state index in [1.165, 1.54) is 12.1 Å². The number of carbonyl (C=O) groups excluding carboxylic acids is 1. The second kappa shape index (κ2) is 6.09. The third kappa shape index (κ3) is 3.03. The Labute approximate surface area is 148 Å². The molecule has 0 saturated heterocycles. The van der Waals surface area contributed by atoms with Gasteiger partial charge in [-0.05, 0) is 54.7 Å². The van der Waals surface area contributed by atoms with Gasteiger partial charge in [-0.3, -0.25) is 4.79 Å². The lowest BCUT2D eigenvalue weighted by Gasteiger charge is -2.31. The van der Waals surface area contributed by atoms with E-state index < -0.39 is 11.7 Å². The molecule has 0 aliphatic carbocycles. The smallest absolute Gasteiger partial charge is 0.311 e. The largest absolute Gasteiger partial charge is 0.416 e. The molecule has 0 fully saturated rings. The molecule has 1 atom stereocenters. The first-order chi connectivity index (χ1) is 11.9. The van der Waals surface area contributed by atoms with Crippen LogP contribution in [0, 0.1) is 0 Å². The van der Waals surface area contributed by atoms with E-state index in [1.807, 2.05) is 24.3 Å². The minimum absolute atomic E-state index is 0.0121. The van der Waals surface area contributed by atoms with Gasteiger partial charge in [0.15, 0.2) is 0 Å². The number of benzene rings is 2. The highest BCUT2D eigenvalue weighted by Crippen LogP contribution is 2.40. The van der Waals surface area contributed by atoms with Crippen molar-refractivity contribution in [1.29, 1.82) is 0 Å². The molecular formula is C19H16F3NOS. The molecule has 2 aromatic carbocycles. The van der Waals surface area contributed by atoms with E-state index in [0.29, 0.717) is 37.1 Å². The average Bonchev–Trinajstić information content (AvgIpc) is 3.03. The number of thioether (sulfide) groups is 1. The number of anilines is 1. The molecule has 2 nitrogen and oxygen atoms in total. The number of hydrogen-bond acceptors (Lipinski definition) is 2. The van der Waals surface area contributed by atoms with E-state index >= 15 is 0 Å². The van der Waals surface area contributed by atoms with Gasteiger partial charge in [-0.15, -0.1) is 11.8 Å². The summed E-state index contributed by atoms with van der Waals surface area (Å²) in [6.07, 6.45) is -2.43. The molecule has 130 valence electrons. The Morgan fingerprint density at radius 1 is 1.12 bits per heavy atom. The van der Waals surface area contributed by atoms with Crippen molar-refractivity contribution >= 4 is 23.4 Å². The predicted octanol–water partition coefficient (Wildman–Crippen LogP) is 4.70. The predicted molar refractivity (Wildman–Crippen MR) is 91.9 cm³/mol. The lowest BCUT2D eigenvalue weighted by atomic mass is 9.98. The minimum Gasteiger partial charge on any atom is -0.311 e. The van der Waals surface area contributed by atoms with Crippen molar-refractivity contribution in [2.24, 2.45) is 0 Å². The third-order valence-electron chi connectivity index (χ3n) is 4.71. The number of rotatable bonds is 1. The van der Waals surface area contributed by atoms with Crippen molar-refractivity contribution < 1.29 is 18.0 Å². The molecule has 2 aliphatic rings. The number of carbonyl (C=O) groups is 1. The van der Waals surface area contributed by atoms with Gasteiger partial charge in [-0.2, -0.15) is 13.2 Å². The molecule has 0 aromatic heterocycles. The van der Waals surface area contributed by atoms with Crippen molar-refractivity contribution in [3.8, 4) is 0 Å². The highest BCUT2D eigenvalue weighted by Gasteiger charge is 2.35. The van der Waals surface area contributed by atoms with Crippen LogP contribution >= 0.6 is 11.8 Å². The second-order valence-electron chi connectivity index (χ2n) is 6.35. The average molecular weight is 363 g/mol. The summed E-state index contributed by atoms with van der Waals surface area (Å²) in [7, 11) is 0. The lowest BCUT2D eigenvalue weighted by molar-refractivity contribution is -0.137. The first-order valence-electron chi connectivity index (χ1n) is 8.19. The maximum atomic E-state index is 13.0.